The molecule has 24 heavy (non-hydrogen) atoms. The van der Waals surface area contributed by atoms with Crippen LogP contribution in [-0.2, 0) is 4.79 Å². The summed E-state index contributed by atoms with van der Waals surface area (Å²) < 4.78 is 0. The van der Waals surface area contributed by atoms with Crippen molar-refractivity contribution >= 4 is 28.9 Å². The van der Waals surface area contributed by atoms with Gasteiger partial charge < -0.3 is 10.2 Å². The standard InChI is InChI=1S/C19H20ClN3O/c20-15-5-4-8-17(13-15)22-14-23(16-6-2-1-3-7-16)19(18(22)24)9-11-21-12-10-19/h1-8,13,21H,9-12,14H2. The summed E-state index contributed by atoms with van der Waals surface area (Å²) >= 11 is 6.14. The predicted octanol–water partition coefficient (Wildman–Crippen LogP) is 3.27. The lowest BCUT2D eigenvalue weighted by atomic mass is 9.86. The van der Waals surface area contributed by atoms with Gasteiger partial charge in [-0.15, -0.1) is 0 Å². The lowest BCUT2D eigenvalue weighted by molar-refractivity contribution is -0.122. The molecule has 2 saturated heterocycles. The molecule has 2 aromatic carbocycles. The number of hydrogen-bond acceptors (Lipinski definition) is 3. The van der Waals surface area contributed by atoms with E-state index < -0.39 is 5.54 Å². The molecule has 2 heterocycles. The maximum Gasteiger partial charge on any atom is 0.254 e. The zero-order valence-corrected chi connectivity index (χ0v) is 14.2. The minimum atomic E-state index is -0.463. The molecule has 0 bridgehead atoms. The zero-order chi connectivity index (χ0) is 16.6. The van der Waals surface area contributed by atoms with Gasteiger partial charge >= 0.3 is 0 Å². The molecular weight excluding hydrogens is 322 g/mol. The van der Waals surface area contributed by atoms with Gasteiger partial charge in [0.15, 0.2) is 0 Å². The van der Waals surface area contributed by atoms with Crippen LogP contribution in [0.25, 0.3) is 0 Å². The van der Waals surface area contributed by atoms with Crippen LogP contribution in [0.1, 0.15) is 12.8 Å². The van der Waals surface area contributed by atoms with Crippen molar-refractivity contribution in [3.63, 3.8) is 0 Å². The van der Waals surface area contributed by atoms with Gasteiger partial charge in [0, 0.05) is 16.4 Å². The number of amides is 1. The molecule has 0 unspecified atom stereocenters. The van der Waals surface area contributed by atoms with Crippen molar-refractivity contribution in [3.8, 4) is 0 Å². The van der Waals surface area contributed by atoms with E-state index in [0.717, 1.165) is 37.3 Å². The van der Waals surface area contributed by atoms with Crippen LogP contribution in [-0.4, -0.2) is 31.2 Å². The number of anilines is 2. The molecule has 2 aromatic rings. The average molecular weight is 342 g/mol. The summed E-state index contributed by atoms with van der Waals surface area (Å²) in [5.41, 5.74) is 1.50. The van der Waals surface area contributed by atoms with Crippen molar-refractivity contribution < 1.29 is 4.79 Å². The first-order valence-corrected chi connectivity index (χ1v) is 8.69. The third-order valence-electron chi connectivity index (χ3n) is 5.06. The second-order valence-electron chi connectivity index (χ2n) is 6.40. The van der Waals surface area contributed by atoms with Gasteiger partial charge in [0.25, 0.3) is 5.91 Å². The Labute approximate surface area is 147 Å². The number of para-hydroxylation sites is 1. The Morgan fingerprint density at radius 1 is 0.958 bits per heavy atom. The van der Waals surface area contributed by atoms with E-state index >= 15 is 0 Å². The van der Waals surface area contributed by atoms with Crippen molar-refractivity contribution in [2.45, 2.75) is 18.4 Å². The van der Waals surface area contributed by atoms with Crippen molar-refractivity contribution in [2.75, 3.05) is 29.6 Å². The van der Waals surface area contributed by atoms with Crippen molar-refractivity contribution in [1.29, 1.82) is 0 Å². The predicted molar refractivity (Wildman–Crippen MR) is 97.6 cm³/mol. The highest BCUT2D eigenvalue weighted by Crippen LogP contribution is 2.40. The Morgan fingerprint density at radius 2 is 1.67 bits per heavy atom. The van der Waals surface area contributed by atoms with Gasteiger partial charge in [-0.25, -0.2) is 0 Å². The molecule has 2 aliphatic rings. The fourth-order valence-electron chi connectivity index (χ4n) is 3.81. The highest BCUT2D eigenvalue weighted by atomic mass is 35.5. The van der Waals surface area contributed by atoms with Gasteiger partial charge in [0.1, 0.15) is 5.54 Å². The highest BCUT2D eigenvalue weighted by Gasteiger charge is 2.53. The van der Waals surface area contributed by atoms with Gasteiger partial charge in [-0.1, -0.05) is 35.9 Å². The summed E-state index contributed by atoms with van der Waals surface area (Å²) in [6.07, 6.45) is 1.63. The van der Waals surface area contributed by atoms with Crippen LogP contribution >= 0.6 is 11.6 Å². The van der Waals surface area contributed by atoms with Crippen LogP contribution in [0.5, 0.6) is 0 Å². The minimum Gasteiger partial charge on any atom is -0.338 e. The van der Waals surface area contributed by atoms with Crippen LogP contribution in [0.2, 0.25) is 5.02 Å². The Morgan fingerprint density at radius 3 is 2.38 bits per heavy atom. The van der Waals surface area contributed by atoms with E-state index in [9.17, 15) is 4.79 Å². The second kappa shape index (κ2) is 6.11. The van der Waals surface area contributed by atoms with Crippen LogP contribution in [0.4, 0.5) is 11.4 Å². The maximum absolute atomic E-state index is 13.4. The van der Waals surface area contributed by atoms with E-state index in [1.54, 1.807) is 0 Å². The molecule has 0 atom stereocenters. The molecule has 1 N–H and O–H groups in total. The summed E-state index contributed by atoms with van der Waals surface area (Å²) in [5, 5.41) is 4.02. The quantitative estimate of drug-likeness (QED) is 0.910. The lowest BCUT2D eigenvalue weighted by Crippen LogP contribution is -2.55. The summed E-state index contributed by atoms with van der Waals surface area (Å²) in [6, 6.07) is 17.8. The van der Waals surface area contributed by atoms with Crippen molar-refractivity contribution in [3.05, 3.63) is 59.6 Å². The SMILES string of the molecule is O=C1N(c2cccc(Cl)c2)CN(c2ccccc2)C12CCNCC2. The zero-order valence-electron chi connectivity index (χ0n) is 13.4. The maximum atomic E-state index is 13.4. The second-order valence-corrected chi connectivity index (χ2v) is 6.84. The van der Waals surface area contributed by atoms with Gasteiger partial charge in [-0.3, -0.25) is 9.69 Å². The van der Waals surface area contributed by atoms with E-state index in [0.29, 0.717) is 11.7 Å². The highest BCUT2D eigenvalue weighted by molar-refractivity contribution is 6.31. The molecule has 0 saturated carbocycles. The number of rotatable bonds is 2. The first kappa shape index (κ1) is 15.5. The first-order valence-electron chi connectivity index (χ1n) is 8.32. The molecule has 1 amide bonds. The number of benzene rings is 2. The number of nitrogens with zero attached hydrogens (tertiary/aromatic N) is 2. The fraction of sp³-hybridized carbons (Fsp3) is 0.316. The van der Waals surface area contributed by atoms with Crippen LogP contribution in [0, 0.1) is 0 Å². The fourth-order valence-corrected chi connectivity index (χ4v) is 4.00. The summed E-state index contributed by atoms with van der Waals surface area (Å²) in [6.45, 7) is 2.28. The Bertz CT molecular complexity index is 743. The summed E-state index contributed by atoms with van der Waals surface area (Å²) in [5.74, 6) is 0.176. The van der Waals surface area contributed by atoms with E-state index in [1.165, 1.54) is 0 Å². The summed E-state index contributed by atoms with van der Waals surface area (Å²) in [7, 11) is 0. The number of hydrogen-bond donors (Lipinski definition) is 1. The smallest absolute Gasteiger partial charge is 0.254 e. The molecule has 1 spiro atoms. The van der Waals surface area contributed by atoms with Crippen molar-refractivity contribution in [1.82, 2.24) is 5.32 Å². The van der Waals surface area contributed by atoms with Crippen molar-refractivity contribution in [2.24, 2.45) is 0 Å². The topological polar surface area (TPSA) is 35.6 Å². The molecule has 124 valence electrons. The number of nitrogens with one attached hydrogen (secondary N) is 1. The molecule has 4 rings (SSSR count). The van der Waals surface area contributed by atoms with Gasteiger partial charge in [0.05, 0.1) is 6.67 Å². The normalized spacial score (nSPS) is 20.0. The number of carbonyl (C=O) groups excluding carboxylic acids is 1. The first-order chi connectivity index (χ1) is 11.7. The molecule has 4 nitrogen and oxygen atoms in total. The Balaban J connectivity index is 1.76. The Hall–Kier alpha value is -2.04. The largest absolute Gasteiger partial charge is 0.338 e. The minimum absolute atomic E-state index is 0.176. The summed E-state index contributed by atoms with van der Waals surface area (Å²) in [4.78, 5) is 17.5. The molecule has 2 fully saturated rings. The van der Waals surface area contributed by atoms with E-state index in [2.05, 4.69) is 22.3 Å². The van der Waals surface area contributed by atoms with Crippen LogP contribution in [0.15, 0.2) is 54.6 Å². The molecule has 0 radical (unpaired) electrons. The lowest BCUT2D eigenvalue weighted by Gasteiger charge is -2.39. The van der Waals surface area contributed by atoms with Crippen LogP contribution < -0.4 is 15.1 Å². The van der Waals surface area contributed by atoms with E-state index in [4.69, 9.17) is 11.6 Å². The number of carbonyl (C=O) groups is 1. The average Bonchev–Trinajstić information content (AvgIpc) is 2.89. The Kier molecular flexibility index (Phi) is 3.94. The molecule has 2 aliphatic heterocycles. The third-order valence-corrected chi connectivity index (χ3v) is 5.30. The van der Waals surface area contributed by atoms with Gasteiger partial charge in [-0.2, -0.15) is 0 Å². The number of halogens is 1. The molecular formula is C19H20ClN3O. The monoisotopic (exact) mass is 341 g/mol. The van der Waals surface area contributed by atoms with E-state index in [1.807, 2.05) is 47.4 Å². The van der Waals surface area contributed by atoms with Gasteiger partial charge in [0.2, 0.25) is 0 Å². The number of piperidine rings is 1. The van der Waals surface area contributed by atoms with E-state index in [-0.39, 0.29) is 5.91 Å². The third kappa shape index (κ3) is 2.46. The van der Waals surface area contributed by atoms with Gasteiger partial charge in [-0.05, 0) is 56.3 Å². The molecule has 0 aliphatic carbocycles. The van der Waals surface area contributed by atoms with Crippen LogP contribution in [0.3, 0.4) is 0 Å². The molecule has 0 aromatic heterocycles. The molecule has 5 heteroatoms.